The average Bonchev–Trinajstić information content (AvgIpc) is 3.33. The van der Waals surface area contributed by atoms with Gasteiger partial charge in [-0.05, 0) is 48.8 Å². The molecular formula is C28H26N2O3. The molecule has 0 amide bonds. The molecule has 0 unspecified atom stereocenters. The summed E-state index contributed by atoms with van der Waals surface area (Å²) in [6, 6.07) is 16.7. The summed E-state index contributed by atoms with van der Waals surface area (Å²) in [6.45, 7) is 6.75. The van der Waals surface area contributed by atoms with Crippen LogP contribution in [0.4, 0.5) is 0 Å². The van der Waals surface area contributed by atoms with E-state index in [1.165, 1.54) is 0 Å². The molecule has 0 spiro atoms. The van der Waals surface area contributed by atoms with Gasteiger partial charge in [-0.3, -0.25) is 0 Å². The van der Waals surface area contributed by atoms with Crippen molar-refractivity contribution in [2.45, 2.75) is 44.6 Å². The van der Waals surface area contributed by atoms with Gasteiger partial charge in [0.05, 0.1) is 25.5 Å². The highest BCUT2D eigenvalue weighted by Gasteiger charge is 2.61. The van der Waals surface area contributed by atoms with Gasteiger partial charge in [0.2, 0.25) is 5.75 Å². The number of nitriles is 2. The van der Waals surface area contributed by atoms with E-state index >= 15 is 0 Å². The smallest absolute Gasteiger partial charge is 0.204 e. The molecule has 0 radical (unpaired) electrons. The highest BCUT2D eigenvalue weighted by Crippen LogP contribution is 2.64. The number of rotatable bonds is 4. The summed E-state index contributed by atoms with van der Waals surface area (Å²) < 4.78 is 18.2. The molecule has 3 aromatic rings. The molecule has 2 atom stereocenters. The van der Waals surface area contributed by atoms with Gasteiger partial charge in [-0.2, -0.15) is 10.5 Å². The third kappa shape index (κ3) is 2.82. The molecule has 166 valence electrons. The Morgan fingerprint density at radius 3 is 2.58 bits per heavy atom. The van der Waals surface area contributed by atoms with Crippen LogP contribution in [0, 0.1) is 34.0 Å². The number of nitrogens with zero attached hydrogens (tertiary/aromatic N) is 2. The number of benzene rings is 2. The maximum Gasteiger partial charge on any atom is 0.204 e. The third-order valence-electron chi connectivity index (χ3n) is 7.84. The number of hydrogen-bond donors (Lipinski definition) is 0. The van der Waals surface area contributed by atoms with Gasteiger partial charge in [-0.25, -0.2) is 0 Å². The molecule has 1 fully saturated rings. The Morgan fingerprint density at radius 2 is 1.88 bits per heavy atom. The van der Waals surface area contributed by atoms with E-state index in [0.29, 0.717) is 36.5 Å². The van der Waals surface area contributed by atoms with Gasteiger partial charge in [-0.15, -0.1) is 0 Å². The first-order valence-electron chi connectivity index (χ1n) is 11.3. The number of furan rings is 1. The molecule has 0 bridgehead atoms. The van der Waals surface area contributed by atoms with E-state index in [1.807, 2.05) is 43.3 Å². The third-order valence-corrected chi connectivity index (χ3v) is 7.84. The molecule has 33 heavy (non-hydrogen) atoms. The van der Waals surface area contributed by atoms with Crippen LogP contribution >= 0.6 is 0 Å². The molecule has 5 nitrogen and oxygen atoms in total. The zero-order valence-corrected chi connectivity index (χ0v) is 19.0. The fourth-order valence-electron chi connectivity index (χ4n) is 6.10. The standard InChI is InChI=1S/C28H26N2O3/c1-18-11-13-28(16-29,17-30)27(2)22(18)10-9-20-21-12-14-32-24(21)26(31-3)25(23(20)27)33-15-19-7-5-4-6-8-19/h4-8,12,14,22H,1,9-11,13,15H2,2-3H3/t22-,27-/m0/s1. The Balaban J connectivity index is 1.82. The topological polar surface area (TPSA) is 79.2 Å². The molecule has 1 saturated carbocycles. The maximum atomic E-state index is 10.4. The fourth-order valence-corrected chi connectivity index (χ4v) is 6.10. The molecule has 0 N–H and O–H groups in total. The van der Waals surface area contributed by atoms with Crippen LogP contribution in [0.5, 0.6) is 11.5 Å². The van der Waals surface area contributed by atoms with E-state index in [9.17, 15) is 10.5 Å². The first-order chi connectivity index (χ1) is 16.0. The zero-order chi connectivity index (χ0) is 23.2. The monoisotopic (exact) mass is 438 g/mol. The molecule has 2 aliphatic rings. The van der Waals surface area contributed by atoms with E-state index in [1.54, 1.807) is 13.4 Å². The zero-order valence-electron chi connectivity index (χ0n) is 19.0. The van der Waals surface area contributed by atoms with Crippen LogP contribution in [0.25, 0.3) is 11.0 Å². The quantitative estimate of drug-likeness (QED) is 0.452. The summed E-state index contributed by atoms with van der Waals surface area (Å²) in [6.07, 6.45) is 4.42. The molecule has 2 aromatic carbocycles. The van der Waals surface area contributed by atoms with Gasteiger partial charge >= 0.3 is 0 Å². The second-order valence-electron chi connectivity index (χ2n) is 9.23. The number of aryl methyl sites for hydroxylation is 1. The van der Waals surface area contributed by atoms with Crippen molar-refractivity contribution in [1.29, 1.82) is 10.5 Å². The molecule has 1 aromatic heterocycles. The first kappa shape index (κ1) is 21.2. The van der Waals surface area contributed by atoms with Crippen LogP contribution in [0.3, 0.4) is 0 Å². The minimum absolute atomic E-state index is 0.00572. The van der Waals surface area contributed by atoms with Gasteiger partial charge in [0.15, 0.2) is 16.7 Å². The van der Waals surface area contributed by atoms with Crippen LogP contribution in [0.1, 0.15) is 42.9 Å². The molecule has 2 aliphatic carbocycles. The summed E-state index contributed by atoms with van der Waals surface area (Å²) in [7, 11) is 1.60. The van der Waals surface area contributed by atoms with Gasteiger partial charge in [0.25, 0.3) is 0 Å². The van der Waals surface area contributed by atoms with Gasteiger partial charge in [0.1, 0.15) is 6.61 Å². The Bertz CT molecular complexity index is 1310. The van der Waals surface area contributed by atoms with E-state index < -0.39 is 10.8 Å². The van der Waals surface area contributed by atoms with Crippen LogP contribution in [-0.4, -0.2) is 7.11 Å². The van der Waals surface area contributed by atoms with E-state index in [-0.39, 0.29) is 5.92 Å². The fraction of sp³-hybridized carbons (Fsp3) is 0.357. The normalized spacial score (nSPS) is 23.2. The largest absolute Gasteiger partial charge is 0.490 e. The Labute approximate surface area is 193 Å². The summed E-state index contributed by atoms with van der Waals surface area (Å²) >= 11 is 0. The summed E-state index contributed by atoms with van der Waals surface area (Å²) in [5.41, 5.74) is 2.74. The van der Waals surface area contributed by atoms with Crippen LogP contribution < -0.4 is 9.47 Å². The molecule has 5 rings (SSSR count). The van der Waals surface area contributed by atoms with Gasteiger partial charge in [0, 0.05) is 16.4 Å². The predicted octanol–water partition coefficient (Wildman–Crippen LogP) is 6.22. The maximum absolute atomic E-state index is 10.4. The van der Waals surface area contributed by atoms with Crippen LogP contribution in [-0.2, 0) is 18.4 Å². The van der Waals surface area contributed by atoms with Crippen molar-refractivity contribution in [3.8, 4) is 23.6 Å². The average molecular weight is 439 g/mol. The summed E-state index contributed by atoms with van der Waals surface area (Å²) in [5.74, 6) is 1.08. The number of fused-ring (bicyclic) bond motifs is 5. The summed E-state index contributed by atoms with van der Waals surface area (Å²) in [5, 5.41) is 21.7. The minimum atomic E-state index is -1.19. The Hall–Kier alpha value is -3.70. The number of hydrogen-bond acceptors (Lipinski definition) is 5. The Kier molecular flexibility index (Phi) is 4.94. The molecule has 0 aliphatic heterocycles. The van der Waals surface area contributed by atoms with Crippen molar-refractivity contribution in [2.75, 3.05) is 7.11 Å². The van der Waals surface area contributed by atoms with Crippen molar-refractivity contribution < 1.29 is 13.9 Å². The van der Waals surface area contributed by atoms with Crippen molar-refractivity contribution in [2.24, 2.45) is 11.3 Å². The number of allylic oxidation sites excluding steroid dienone is 1. The van der Waals surface area contributed by atoms with Crippen LogP contribution in [0.2, 0.25) is 0 Å². The predicted molar refractivity (Wildman–Crippen MR) is 125 cm³/mol. The summed E-state index contributed by atoms with van der Waals surface area (Å²) in [4.78, 5) is 0. The second-order valence-corrected chi connectivity index (χ2v) is 9.23. The van der Waals surface area contributed by atoms with E-state index in [2.05, 4.69) is 18.7 Å². The highest BCUT2D eigenvalue weighted by molar-refractivity contribution is 5.92. The molecule has 1 heterocycles. The van der Waals surface area contributed by atoms with Crippen molar-refractivity contribution >= 4 is 11.0 Å². The minimum Gasteiger partial charge on any atom is -0.490 e. The van der Waals surface area contributed by atoms with Crippen LogP contribution in [0.15, 0.2) is 59.2 Å². The molecule has 5 heteroatoms. The molecular weight excluding hydrogens is 412 g/mol. The SMILES string of the molecule is C=C1CCC(C#N)(C#N)[C@]2(C)c3c(OCc4ccccc4)c(OC)c4occc4c3CC[C@@H]12. The van der Waals surface area contributed by atoms with Gasteiger partial charge < -0.3 is 13.9 Å². The highest BCUT2D eigenvalue weighted by atomic mass is 16.5. The first-order valence-corrected chi connectivity index (χ1v) is 11.3. The lowest BCUT2D eigenvalue weighted by molar-refractivity contribution is 0.126. The van der Waals surface area contributed by atoms with E-state index in [0.717, 1.165) is 40.5 Å². The molecule has 0 saturated heterocycles. The van der Waals surface area contributed by atoms with Gasteiger partial charge in [-0.1, -0.05) is 49.4 Å². The lowest BCUT2D eigenvalue weighted by atomic mass is 9.46. The number of methoxy groups -OCH3 is 1. The lowest BCUT2D eigenvalue weighted by Crippen LogP contribution is -2.53. The number of ether oxygens (including phenoxy) is 2. The van der Waals surface area contributed by atoms with E-state index in [4.69, 9.17) is 13.9 Å². The van der Waals surface area contributed by atoms with Crippen molar-refractivity contribution in [3.05, 3.63) is 71.5 Å². The lowest BCUT2D eigenvalue weighted by Gasteiger charge is -2.53. The van der Waals surface area contributed by atoms with Crippen molar-refractivity contribution in [3.63, 3.8) is 0 Å². The second kappa shape index (κ2) is 7.71. The van der Waals surface area contributed by atoms with Crippen molar-refractivity contribution in [1.82, 2.24) is 0 Å². The Morgan fingerprint density at radius 1 is 1.12 bits per heavy atom.